The van der Waals surface area contributed by atoms with Crippen molar-refractivity contribution in [2.24, 2.45) is 50.7 Å². The third kappa shape index (κ3) is 11.5. The number of ketones is 2. The number of ether oxygens (including phenoxy) is 2. The molecule has 0 unspecified atom stereocenters. The quantitative estimate of drug-likeness (QED) is 0.144. The molecule has 436 valence electrons. The van der Waals surface area contributed by atoms with E-state index in [1.807, 2.05) is 41.5 Å². The van der Waals surface area contributed by atoms with Crippen LogP contribution in [0.5, 0.6) is 0 Å². The summed E-state index contributed by atoms with van der Waals surface area (Å²) in [5, 5.41) is 31.9. The molecule has 21 saturated carbocycles. The largest absolute Gasteiger partial charge is 0.481 e. The average molecular weight is 1100 g/mol. The molecule has 21 nitrogen and oxygen atoms in total. The molecule has 0 radical (unpaired) electrons. The smallest absolute Gasteiger partial charge is 0.408 e. The van der Waals surface area contributed by atoms with Gasteiger partial charge in [-0.15, -0.1) is 0 Å². The lowest BCUT2D eigenvalue weighted by Gasteiger charge is -2.70. The lowest BCUT2D eigenvalue weighted by atomic mass is 9.33. The van der Waals surface area contributed by atoms with Gasteiger partial charge in [0, 0.05) is 64.8 Å². The molecule has 21 fully saturated rings. The first-order valence-electron chi connectivity index (χ1n) is 28.1. The number of rotatable bonds is 9. The van der Waals surface area contributed by atoms with Crippen molar-refractivity contribution < 1.29 is 62.8 Å². The van der Waals surface area contributed by atoms with Crippen LogP contribution in [0, 0.1) is 33.5 Å². The van der Waals surface area contributed by atoms with Gasteiger partial charge in [-0.3, -0.25) is 33.6 Å². The summed E-state index contributed by atoms with van der Waals surface area (Å²) in [6.45, 7) is 18.9. The number of aliphatic carboxylic acids is 2. The standard InChI is InChI=1S/C15H26N2O4.C9H14N2O2.C9H12O2.C7H12N2O.C7H8O4.C5H10N2.C5H8/c1-12(2,3)20-10(18)16-14-7-15(8-14,9-14)17-11(19)21-13(4,5)6;1-6(12)10-8-3-9(4-8,5-8)11-7(2)13;1-6(10)8-3-9(4-8,5-8)7(2)11;1-5(10)9-7-2-6(8,3-7)4-7;8-4(9)6-1-7(2-6,3-6)5(10)11;6-4-1-5(7,2-4)3-4;1-4-2-5(1)3-4/h7-9H2,1-6H3,(H,16,18)(H,17,19);3-5H2,1-2H3,(H,10,12)(H,11,13);3-5H2,1-2H3;2-4,8H2,1H3,(H,9,10);1-3H2,(H,8,9)(H,10,11);1-3,6-7H2;4-5H,1-3H2. The van der Waals surface area contributed by atoms with E-state index in [2.05, 4.69) is 26.6 Å². The fourth-order valence-electron chi connectivity index (χ4n) is 16.2. The molecule has 13 N–H and O–H groups in total. The van der Waals surface area contributed by atoms with Gasteiger partial charge >= 0.3 is 24.1 Å². The fourth-order valence-corrected chi connectivity index (χ4v) is 16.2. The maximum absolute atomic E-state index is 11.8. The van der Waals surface area contributed by atoms with E-state index in [0.29, 0.717) is 19.3 Å². The van der Waals surface area contributed by atoms with Gasteiger partial charge in [-0.05, 0) is 202 Å². The van der Waals surface area contributed by atoms with Crippen molar-refractivity contribution in [3.05, 3.63) is 0 Å². The summed E-state index contributed by atoms with van der Waals surface area (Å²) in [6, 6.07) is 0. The number of alkyl carbamates (subject to hydrolysis) is 2. The molecule has 0 saturated heterocycles. The number of amides is 5. The molecule has 21 heteroatoms. The van der Waals surface area contributed by atoms with Gasteiger partial charge in [0.25, 0.3) is 0 Å². The first-order chi connectivity index (χ1) is 35.4. The molecule has 21 aliphatic carbocycles. The minimum atomic E-state index is -0.833. The number of Topliss-reactive ketones (excluding diaryl/α,β-unsaturated/α-hetero) is 2. The maximum atomic E-state index is 11.8. The SMILES string of the molecule is C1C2CC1C2.CC(=O)C12CC(C(C)=O)(C1)C2.CC(=O)NC12CC(N)(C1)C2.CC(=O)NC12CC(NC(C)=O)(C1)C2.CC(C)(C)OC(=O)NC12CC(NC(=O)OC(C)(C)C)(C1)C2.NC12CC(N)(C1)C2.O=C(O)C12CC(C(=O)O)(C1)C2. The summed E-state index contributed by atoms with van der Waals surface area (Å²) in [5.74, 6) is 1.43. The maximum Gasteiger partial charge on any atom is 0.408 e. The number of carbonyl (C=O) groups is 9. The zero-order valence-electron chi connectivity index (χ0n) is 48.1. The number of hydrogen-bond acceptors (Lipinski definition) is 14. The number of nitrogens with one attached hydrogen (secondary N) is 5. The summed E-state index contributed by atoms with van der Waals surface area (Å²) >= 11 is 0. The summed E-state index contributed by atoms with van der Waals surface area (Å²) < 4.78 is 10.5. The van der Waals surface area contributed by atoms with Crippen LogP contribution in [0.25, 0.3) is 0 Å². The molecule has 21 rings (SSSR count). The number of carboxylic acid groups (broad SMARTS) is 2. The van der Waals surface area contributed by atoms with Crippen LogP contribution in [0.3, 0.4) is 0 Å². The Kier molecular flexibility index (Phi) is 14.1. The zero-order valence-corrected chi connectivity index (χ0v) is 48.1. The van der Waals surface area contributed by atoms with E-state index < -0.39 is 46.2 Å². The molecule has 5 amide bonds. The number of carbonyl (C=O) groups excluding carboxylic acids is 7. The van der Waals surface area contributed by atoms with Crippen LogP contribution in [-0.2, 0) is 43.0 Å². The summed E-state index contributed by atoms with van der Waals surface area (Å²) in [4.78, 5) is 98.9. The van der Waals surface area contributed by atoms with Crippen molar-refractivity contribution in [1.82, 2.24) is 26.6 Å². The van der Waals surface area contributed by atoms with Crippen molar-refractivity contribution in [3.8, 4) is 0 Å². The number of carboxylic acids is 2. The van der Waals surface area contributed by atoms with E-state index in [9.17, 15) is 43.2 Å². The average Bonchev–Trinajstić information content (AvgIpc) is 3.01. The highest BCUT2D eigenvalue weighted by Crippen LogP contribution is 2.74. The highest BCUT2D eigenvalue weighted by molar-refractivity contribution is 5.95. The third-order valence-corrected chi connectivity index (χ3v) is 19.6. The van der Waals surface area contributed by atoms with E-state index in [0.717, 1.165) is 96.3 Å². The first-order valence-corrected chi connectivity index (χ1v) is 28.1. The molecule has 0 aromatic carbocycles. The predicted molar refractivity (Wildman–Crippen MR) is 285 cm³/mol. The summed E-state index contributed by atoms with van der Waals surface area (Å²) in [6.07, 6.45) is 18.6. The second-order valence-corrected chi connectivity index (χ2v) is 30.3. The van der Waals surface area contributed by atoms with Crippen LogP contribution >= 0.6 is 0 Å². The van der Waals surface area contributed by atoms with Crippen molar-refractivity contribution in [3.63, 3.8) is 0 Å². The monoisotopic (exact) mass is 1090 g/mol. The van der Waals surface area contributed by atoms with Gasteiger partial charge < -0.3 is 63.5 Å². The van der Waals surface area contributed by atoms with Gasteiger partial charge in [0.05, 0.1) is 21.9 Å². The second-order valence-electron chi connectivity index (χ2n) is 30.3. The van der Waals surface area contributed by atoms with Crippen LogP contribution in [-0.4, -0.2) is 119 Å². The van der Waals surface area contributed by atoms with Gasteiger partial charge in [-0.25, -0.2) is 9.59 Å². The van der Waals surface area contributed by atoms with Crippen LogP contribution < -0.4 is 43.8 Å². The van der Waals surface area contributed by atoms with Gasteiger partial charge in [-0.1, -0.05) is 0 Å². The molecule has 0 atom stereocenters. The predicted octanol–water partition coefficient (Wildman–Crippen LogP) is 5.06. The van der Waals surface area contributed by atoms with E-state index in [1.54, 1.807) is 40.0 Å². The Labute approximate surface area is 458 Å². The normalized spacial score (nSPS) is 43.6. The molecule has 0 aromatic rings. The minimum absolute atomic E-state index is 0.0221. The highest BCUT2D eigenvalue weighted by Gasteiger charge is 2.76. The van der Waals surface area contributed by atoms with Crippen molar-refractivity contribution in [1.29, 1.82) is 0 Å². The molecule has 0 heterocycles. The second kappa shape index (κ2) is 18.6. The van der Waals surface area contributed by atoms with Crippen LogP contribution in [0.15, 0.2) is 0 Å². The third-order valence-electron chi connectivity index (χ3n) is 19.6. The summed E-state index contributed by atoms with van der Waals surface area (Å²) in [5.41, 5.74) is 15.0. The Morgan fingerprint density at radius 1 is 0.372 bits per heavy atom. The number of hydrogen-bond donors (Lipinski definition) is 10. The zero-order chi connectivity index (χ0) is 58.1. The van der Waals surface area contributed by atoms with Gasteiger partial charge in [-0.2, -0.15) is 0 Å². The molecular weight excluding hydrogens is 1000 g/mol. The molecule has 21 aliphatic rings. The van der Waals surface area contributed by atoms with E-state index >= 15 is 0 Å². The first kappa shape index (κ1) is 59.2. The Hall–Kier alpha value is -4.89. The fraction of sp³-hybridized carbons (Fsp3) is 0.842. The minimum Gasteiger partial charge on any atom is -0.481 e. The van der Waals surface area contributed by atoms with Crippen molar-refractivity contribution in [2.45, 2.75) is 267 Å². The molecule has 0 aliphatic heterocycles. The molecule has 0 spiro atoms. The van der Waals surface area contributed by atoms with E-state index in [-0.39, 0.29) is 84.4 Å². The van der Waals surface area contributed by atoms with E-state index in [1.165, 1.54) is 25.7 Å². The molecular formula is C57H90N8O13. The molecule has 14 bridgehead atoms. The van der Waals surface area contributed by atoms with Gasteiger partial charge in [0.1, 0.15) is 22.8 Å². The Morgan fingerprint density at radius 2 is 0.590 bits per heavy atom. The van der Waals surface area contributed by atoms with Gasteiger partial charge in [0.2, 0.25) is 17.7 Å². The van der Waals surface area contributed by atoms with E-state index in [4.69, 9.17) is 36.9 Å². The Morgan fingerprint density at radius 3 is 0.756 bits per heavy atom. The lowest BCUT2D eigenvalue weighted by Crippen LogP contribution is -2.84. The topological polar surface area (TPSA) is 351 Å². The lowest BCUT2D eigenvalue weighted by molar-refractivity contribution is -0.230. The van der Waals surface area contributed by atoms with Crippen LogP contribution in [0.4, 0.5) is 9.59 Å². The summed E-state index contributed by atoms with van der Waals surface area (Å²) in [7, 11) is 0. The van der Waals surface area contributed by atoms with Crippen LogP contribution in [0.1, 0.15) is 211 Å². The molecule has 0 aromatic heterocycles. The van der Waals surface area contributed by atoms with Crippen molar-refractivity contribution >= 4 is 53.4 Å². The highest BCUT2D eigenvalue weighted by atomic mass is 16.6. The Bertz CT molecular complexity index is 2240. The molecule has 78 heavy (non-hydrogen) atoms. The van der Waals surface area contributed by atoms with Gasteiger partial charge in [0.15, 0.2) is 0 Å². The Balaban J connectivity index is 0.000000124. The number of nitrogens with two attached hydrogens (primary N) is 3. The van der Waals surface area contributed by atoms with Crippen LogP contribution in [0.2, 0.25) is 0 Å². The van der Waals surface area contributed by atoms with Crippen molar-refractivity contribution in [2.75, 3.05) is 0 Å².